The zero-order chi connectivity index (χ0) is 14.4. The molecule has 1 aromatic heterocycles. The van der Waals surface area contributed by atoms with Gasteiger partial charge in [-0.25, -0.2) is 0 Å². The van der Waals surface area contributed by atoms with Crippen molar-refractivity contribution in [2.45, 2.75) is 40.3 Å². The van der Waals surface area contributed by atoms with E-state index >= 15 is 0 Å². The van der Waals surface area contributed by atoms with Crippen LogP contribution in [0.4, 0.5) is 0 Å². The average Bonchev–Trinajstić information content (AvgIpc) is 2.81. The number of nitrogens with one attached hydrogen (secondary N) is 1. The molecule has 2 aromatic rings. The van der Waals surface area contributed by atoms with Crippen molar-refractivity contribution in [1.82, 2.24) is 9.88 Å². The van der Waals surface area contributed by atoms with Gasteiger partial charge in [-0.1, -0.05) is 26.0 Å². The largest absolute Gasteiger partial charge is 0.347 e. The van der Waals surface area contributed by atoms with Crippen LogP contribution in [0.3, 0.4) is 0 Å². The lowest BCUT2D eigenvalue weighted by atomic mass is 10.1. The second-order valence-corrected chi connectivity index (χ2v) is 5.60. The molecule has 0 atom stereocenters. The van der Waals surface area contributed by atoms with E-state index in [1.54, 1.807) is 0 Å². The van der Waals surface area contributed by atoms with Crippen LogP contribution in [-0.2, 0) is 13.1 Å². The highest BCUT2D eigenvalue weighted by atomic mass is 14.9. The summed E-state index contributed by atoms with van der Waals surface area (Å²) in [6.45, 7) is 9.32. The molecule has 20 heavy (non-hydrogen) atoms. The van der Waals surface area contributed by atoms with E-state index in [2.05, 4.69) is 66.0 Å². The van der Waals surface area contributed by atoms with Crippen molar-refractivity contribution in [3.63, 3.8) is 0 Å². The van der Waals surface area contributed by atoms with Crippen molar-refractivity contribution >= 4 is 10.9 Å². The number of fused-ring (bicyclic) bond motifs is 1. The third-order valence-corrected chi connectivity index (χ3v) is 3.37. The molecule has 0 bridgehead atoms. The maximum atomic E-state index is 3.50. The molecule has 1 aromatic carbocycles. The Balaban J connectivity index is 2.09. The van der Waals surface area contributed by atoms with E-state index in [-0.39, 0.29) is 0 Å². The van der Waals surface area contributed by atoms with Crippen LogP contribution in [-0.4, -0.2) is 11.1 Å². The number of rotatable bonds is 6. The number of benzene rings is 1. The predicted molar refractivity (Wildman–Crippen MR) is 86.5 cm³/mol. The van der Waals surface area contributed by atoms with Crippen molar-refractivity contribution in [2.75, 3.05) is 6.54 Å². The molecular weight excluding hydrogens is 244 g/mol. The molecule has 0 aliphatic rings. The van der Waals surface area contributed by atoms with Gasteiger partial charge in [0, 0.05) is 31.2 Å². The molecule has 2 rings (SSSR count). The molecule has 1 heterocycles. The van der Waals surface area contributed by atoms with E-state index in [0.29, 0.717) is 5.92 Å². The van der Waals surface area contributed by atoms with Crippen LogP contribution in [0.25, 0.3) is 10.9 Å². The van der Waals surface area contributed by atoms with Crippen molar-refractivity contribution < 1.29 is 0 Å². The first kappa shape index (κ1) is 14.7. The monoisotopic (exact) mass is 268 g/mol. The van der Waals surface area contributed by atoms with E-state index in [1.807, 2.05) is 6.92 Å². The average molecular weight is 268 g/mol. The number of hydrogen-bond donors (Lipinski definition) is 1. The van der Waals surface area contributed by atoms with Gasteiger partial charge in [-0.3, -0.25) is 0 Å². The van der Waals surface area contributed by atoms with Gasteiger partial charge in [0.1, 0.15) is 0 Å². The van der Waals surface area contributed by atoms with Crippen LogP contribution in [0, 0.1) is 17.8 Å². The molecule has 0 aliphatic heterocycles. The van der Waals surface area contributed by atoms with Crippen molar-refractivity contribution in [2.24, 2.45) is 5.92 Å². The normalized spacial score (nSPS) is 10.8. The molecule has 0 amide bonds. The van der Waals surface area contributed by atoms with Crippen LogP contribution in [0.5, 0.6) is 0 Å². The zero-order valence-electron chi connectivity index (χ0n) is 12.7. The summed E-state index contributed by atoms with van der Waals surface area (Å²) in [5, 5.41) is 4.81. The molecule has 0 saturated carbocycles. The van der Waals surface area contributed by atoms with E-state index in [4.69, 9.17) is 0 Å². The van der Waals surface area contributed by atoms with Crippen LogP contribution < -0.4 is 5.32 Å². The molecule has 0 radical (unpaired) electrons. The molecule has 0 unspecified atom stereocenters. The summed E-state index contributed by atoms with van der Waals surface area (Å²) in [4.78, 5) is 0. The Labute approximate surface area is 122 Å². The summed E-state index contributed by atoms with van der Waals surface area (Å²) in [7, 11) is 0. The first-order valence-corrected chi connectivity index (χ1v) is 7.39. The van der Waals surface area contributed by atoms with Gasteiger partial charge in [0.05, 0.1) is 0 Å². The van der Waals surface area contributed by atoms with Gasteiger partial charge >= 0.3 is 0 Å². The summed E-state index contributed by atoms with van der Waals surface area (Å²) in [5.74, 6) is 6.77. The van der Waals surface area contributed by atoms with Crippen molar-refractivity contribution in [3.05, 3.63) is 36.0 Å². The minimum atomic E-state index is 0.690. The molecule has 0 spiro atoms. The number of aryl methyl sites for hydroxylation is 1. The third kappa shape index (κ3) is 3.88. The van der Waals surface area contributed by atoms with Crippen LogP contribution in [0.2, 0.25) is 0 Å². The van der Waals surface area contributed by atoms with Gasteiger partial charge in [0.25, 0.3) is 0 Å². The first-order chi connectivity index (χ1) is 9.70. The Morgan fingerprint density at radius 1 is 1.25 bits per heavy atom. The second kappa shape index (κ2) is 7.17. The molecule has 2 nitrogen and oxygen atoms in total. The van der Waals surface area contributed by atoms with Gasteiger partial charge in [0.2, 0.25) is 0 Å². The maximum absolute atomic E-state index is 3.50. The Morgan fingerprint density at radius 3 is 2.85 bits per heavy atom. The quantitative estimate of drug-likeness (QED) is 0.789. The molecule has 106 valence electrons. The van der Waals surface area contributed by atoms with E-state index < -0.39 is 0 Å². The van der Waals surface area contributed by atoms with E-state index in [9.17, 15) is 0 Å². The first-order valence-electron chi connectivity index (χ1n) is 7.39. The summed E-state index contributed by atoms with van der Waals surface area (Å²) < 4.78 is 2.30. The lowest BCUT2D eigenvalue weighted by Crippen LogP contribution is -2.18. The fraction of sp³-hybridized carbons (Fsp3) is 0.444. The highest BCUT2D eigenvalue weighted by molar-refractivity contribution is 5.80. The molecule has 0 fully saturated rings. The predicted octanol–water partition coefficient (Wildman–Crippen LogP) is 3.80. The Kier molecular flexibility index (Phi) is 5.26. The summed E-state index contributed by atoms with van der Waals surface area (Å²) >= 11 is 0. The van der Waals surface area contributed by atoms with Gasteiger partial charge in [-0.05, 0) is 42.5 Å². The lowest BCUT2D eigenvalue weighted by molar-refractivity contribution is 0.552. The van der Waals surface area contributed by atoms with Gasteiger partial charge in [-0.2, -0.15) is 0 Å². The SMILES string of the molecule is CC#CCCn1ccc2ccc(CNCC(C)C)cc21. The standard InChI is InChI=1S/C18H24N2/c1-4-5-6-10-20-11-9-17-8-7-16(12-18(17)20)14-19-13-15(2)3/h7-9,11-12,15,19H,6,10,13-14H2,1-3H3. The third-order valence-electron chi connectivity index (χ3n) is 3.37. The summed E-state index contributed by atoms with van der Waals surface area (Å²) in [5.41, 5.74) is 2.66. The lowest BCUT2D eigenvalue weighted by Gasteiger charge is -2.09. The molecule has 0 aliphatic carbocycles. The molecule has 2 heteroatoms. The number of nitrogens with zero attached hydrogens (tertiary/aromatic N) is 1. The Morgan fingerprint density at radius 2 is 2.10 bits per heavy atom. The zero-order valence-corrected chi connectivity index (χ0v) is 12.7. The van der Waals surface area contributed by atoms with Crippen molar-refractivity contribution in [1.29, 1.82) is 0 Å². The number of aromatic nitrogens is 1. The van der Waals surface area contributed by atoms with Crippen LogP contribution in [0.15, 0.2) is 30.5 Å². The maximum Gasteiger partial charge on any atom is 0.0483 e. The highest BCUT2D eigenvalue weighted by Gasteiger charge is 2.02. The van der Waals surface area contributed by atoms with Crippen LogP contribution >= 0.6 is 0 Å². The Bertz CT molecular complexity index is 611. The van der Waals surface area contributed by atoms with E-state index in [1.165, 1.54) is 16.5 Å². The molecule has 1 N–H and O–H groups in total. The molecule has 0 saturated heterocycles. The minimum Gasteiger partial charge on any atom is -0.347 e. The van der Waals surface area contributed by atoms with Crippen molar-refractivity contribution in [3.8, 4) is 11.8 Å². The summed E-state index contributed by atoms with van der Waals surface area (Å²) in [6, 6.07) is 8.90. The van der Waals surface area contributed by atoms with Gasteiger partial charge in [0.15, 0.2) is 0 Å². The van der Waals surface area contributed by atoms with Gasteiger partial charge in [-0.15, -0.1) is 11.8 Å². The fourth-order valence-corrected chi connectivity index (χ4v) is 2.34. The Hall–Kier alpha value is -1.72. The summed E-state index contributed by atoms with van der Waals surface area (Å²) in [6.07, 6.45) is 3.07. The van der Waals surface area contributed by atoms with E-state index in [0.717, 1.165) is 26.1 Å². The van der Waals surface area contributed by atoms with Crippen LogP contribution in [0.1, 0.15) is 32.8 Å². The molecular formula is C18H24N2. The highest BCUT2D eigenvalue weighted by Crippen LogP contribution is 2.18. The fourth-order valence-electron chi connectivity index (χ4n) is 2.34. The minimum absolute atomic E-state index is 0.690. The van der Waals surface area contributed by atoms with Gasteiger partial charge < -0.3 is 9.88 Å². The number of hydrogen-bond acceptors (Lipinski definition) is 1. The smallest absolute Gasteiger partial charge is 0.0483 e. The topological polar surface area (TPSA) is 17.0 Å². The second-order valence-electron chi connectivity index (χ2n) is 5.60.